The number of ether oxygens (including phenoxy) is 1. The molecule has 0 aromatic carbocycles. The molecule has 0 atom stereocenters. The maximum absolute atomic E-state index is 12.7. The van der Waals surface area contributed by atoms with Gasteiger partial charge in [0.05, 0.1) is 6.26 Å². The van der Waals surface area contributed by atoms with Crippen LogP contribution >= 0.6 is 0 Å². The minimum Gasteiger partial charge on any atom is -0.444 e. The van der Waals surface area contributed by atoms with Crippen LogP contribution in [0.1, 0.15) is 46.5 Å². The summed E-state index contributed by atoms with van der Waals surface area (Å²) in [5, 5.41) is 3.99. The largest absolute Gasteiger partial charge is 0.444 e. The number of aromatic nitrogens is 2. The number of carbonyl (C=O) groups excluding carboxylic acids is 2. The molecule has 29 heavy (non-hydrogen) atoms. The van der Waals surface area contributed by atoms with Gasteiger partial charge in [-0.1, -0.05) is 0 Å². The van der Waals surface area contributed by atoms with Gasteiger partial charge in [-0.3, -0.25) is 4.72 Å². The smallest absolute Gasteiger partial charge is 0.410 e. The number of hydrogen-bond donors (Lipinski definition) is 1. The second kappa shape index (κ2) is 7.51. The highest BCUT2D eigenvalue weighted by atomic mass is 32.2. The Morgan fingerprint density at radius 2 is 1.83 bits per heavy atom. The van der Waals surface area contributed by atoms with Gasteiger partial charge in [-0.25, -0.2) is 18.0 Å². The molecule has 2 aliphatic heterocycles. The third-order valence-corrected chi connectivity index (χ3v) is 5.83. The minimum atomic E-state index is -3.46. The van der Waals surface area contributed by atoms with Crippen molar-refractivity contribution in [2.45, 2.75) is 57.6 Å². The molecule has 162 valence electrons. The van der Waals surface area contributed by atoms with E-state index in [0.29, 0.717) is 32.5 Å². The standard InChI is InChI=1S/C18H29N5O5S/c1-17(2,3)28-16(25)22-10-5-7-18(22)8-12-21(13-9-18)15(24)23-11-6-14(19-23)20-29(4,26)27/h6,11H,5,7-10,12-13H2,1-4H3,(H,19,20). The first kappa shape index (κ1) is 21.4. The van der Waals surface area contributed by atoms with Crippen molar-refractivity contribution in [1.29, 1.82) is 0 Å². The van der Waals surface area contributed by atoms with Crippen molar-refractivity contribution in [3.63, 3.8) is 0 Å². The fourth-order valence-corrected chi connectivity index (χ4v) is 4.48. The number of rotatable bonds is 2. The quantitative estimate of drug-likeness (QED) is 0.773. The fraction of sp³-hybridized carbons (Fsp3) is 0.722. The van der Waals surface area contributed by atoms with Gasteiger partial charge < -0.3 is 14.5 Å². The van der Waals surface area contributed by atoms with E-state index < -0.39 is 15.6 Å². The number of anilines is 1. The fourth-order valence-electron chi connectivity index (χ4n) is 3.99. The predicted octanol–water partition coefficient (Wildman–Crippen LogP) is 2.09. The van der Waals surface area contributed by atoms with E-state index in [1.165, 1.54) is 12.3 Å². The number of sulfonamides is 1. The Kier molecular flexibility index (Phi) is 5.54. The third kappa shape index (κ3) is 5.01. The monoisotopic (exact) mass is 427 g/mol. The second-order valence-corrected chi connectivity index (χ2v) is 10.5. The zero-order valence-corrected chi connectivity index (χ0v) is 18.2. The summed E-state index contributed by atoms with van der Waals surface area (Å²) in [7, 11) is -3.46. The Labute approximate surface area is 171 Å². The van der Waals surface area contributed by atoms with E-state index in [4.69, 9.17) is 4.74 Å². The Morgan fingerprint density at radius 3 is 2.41 bits per heavy atom. The summed E-state index contributed by atoms with van der Waals surface area (Å²) in [6.07, 6.45) is 5.34. The molecule has 1 aromatic heterocycles. The number of piperidine rings is 1. The van der Waals surface area contributed by atoms with Gasteiger partial charge in [0.2, 0.25) is 10.0 Å². The molecule has 0 radical (unpaired) electrons. The van der Waals surface area contributed by atoms with E-state index in [2.05, 4.69) is 9.82 Å². The molecule has 3 rings (SSSR count). The highest BCUT2D eigenvalue weighted by Crippen LogP contribution is 2.39. The zero-order valence-electron chi connectivity index (χ0n) is 17.3. The zero-order chi connectivity index (χ0) is 21.4. The number of nitrogens with zero attached hydrogens (tertiary/aromatic N) is 4. The van der Waals surface area contributed by atoms with E-state index in [1.807, 2.05) is 25.7 Å². The number of likely N-dealkylation sites (tertiary alicyclic amines) is 2. The third-order valence-electron chi connectivity index (χ3n) is 5.25. The molecule has 2 saturated heterocycles. The van der Waals surface area contributed by atoms with Gasteiger partial charge in [-0.15, -0.1) is 5.10 Å². The number of hydrogen-bond acceptors (Lipinski definition) is 6. The SMILES string of the molecule is CC(C)(C)OC(=O)N1CCCC12CCN(C(=O)n1ccc(NS(C)(=O)=O)n1)CC2. The average molecular weight is 428 g/mol. The van der Waals surface area contributed by atoms with Gasteiger partial charge in [-0.05, 0) is 46.5 Å². The molecule has 10 nitrogen and oxygen atoms in total. The van der Waals surface area contributed by atoms with Gasteiger partial charge in [0.15, 0.2) is 5.82 Å². The van der Waals surface area contributed by atoms with E-state index >= 15 is 0 Å². The lowest BCUT2D eigenvalue weighted by Gasteiger charge is -2.44. The van der Waals surface area contributed by atoms with Crippen molar-refractivity contribution in [3.05, 3.63) is 12.3 Å². The molecular weight excluding hydrogens is 398 g/mol. The summed E-state index contributed by atoms with van der Waals surface area (Å²) in [6.45, 7) is 7.21. The summed E-state index contributed by atoms with van der Waals surface area (Å²) >= 11 is 0. The van der Waals surface area contributed by atoms with E-state index in [-0.39, 0.29) is 23.5 Å². The first-order chi connectivity index (χ1) is 13.4. The molecule has 2 fully saturated rings. The topological polar surface area (TPSA) is 114 Å². The van der Waals surface area contributed by atoms with Crippen molar-refractivity contribution < 1.29 is 22.7 Å². The number of carbonyl (C=O) groups is 2. The molecule has 3 heterocycles. The Bertz CT molecular complexity index is 881. The van der Waals surface area contributed by atoms with Crippen molar-refractivity contribution in [1.82, 2.24) is 19.6 Å². The molecule has 2 amide bonds. The van der Waals surface area contributed by atoms with E-state index in [9.17, 15) is 18.0 Å². The Hall–Kier alpha value is -2.30. The van der Waals surface area contributed by atoms with Crippen molar-refractivity contribution in [3.8, 4) is 0 Å². The minimum absolute atomic E-state index is 0.0984. The van der Waals surface area contributed by atoms with Crippen LogP contribution in [0.5, 0.6) is 0 Å². The summed E-state index contributed by atoms with van der Waals surface area (Å²) in [6, 6.07) is 1.12. The maximum Gasteiger partial charge on any atom is 0.410 e. The first-order valence-corrected chi connectivity index (χ1v) is 11.6. The molecule has 2 aliphatic rings. The Balaban J connectivity index is 1.64. The normalized spacial score (nSPS) is 19.4. The lowest BCUT2D eigenvalue weighted by atomic mass is 9.85. The summed E-state index contributed by atoms with van der Waals surface area (Å²) in [4.78, 5) is 28.9. The summed E-state index contributed by atoms with van der Waals surface area (Å²) in [5.74, 6) is 0.0984. The molecule has 11 heteroatoms. The predicted molar refractivity (Wildman–Crippen MR) is 107 cm³/mol. The summed E-state index contributed by atoms with van der Waals surface area (Å²) < 4.78 is 31.5. The highest BCUT2D eigenvalue weighted by molar-refractivity contribution is 7.92. The van der Waals surface area contributed by atoms with E-state index in [0.717, 1.165) is 23.8 Å². The van der Waals surface area contributed by atoms with Crippen LogP contribution in [0.15, 0.2) is 12.3 Å². The van der Waals surface area contributed by atoms with Gasteiger partial charge in [-0.2, -0.15) is 4.68 Å². The van der Waals surface area contributed by atoms with Gasteiger partial charge in [0, 0.05) is 37.4 Å². The van der Waals surface area contributed by atoms with Crippen LogP contribution in [0.2, 0.25) is 0 Å². The number of amides is 2. The maximum atomic E-state index is 12.7. The van der Waals surface area contributed by atoms with Crippen LogP contribution in [0.4, 0.5) is 15.4 Å². The highest BCUT2D eigenvalue weighted by Gasteiger charge is 2.47. The van der Waals surface area contributed by atoms with Crippen LogP contribution < -0.4 is 4.72 Å². The van der Waals surface area contributed by atoms with Crippen molar-refractivity contribution >= 4 is 28.0 Å². The second-order valence-electron chi connectivity index (χ2n) is 8.75. The number of nitrogens with one attached hydrogen (secondary N) is 1. The molecule has 0 saturated carbocycles. The van der Waals surface area contributed by atoms with Crippen molar-refractivity contribution in [2.24, 2.45) is 0 Å². The van der Waals surface area contributed by atoms with Crippen LogP contribution in [-0.4, -0.2) is 77.2 Å². The molecular formula is C18H29N5O5S. The van der Waals surface area contributed by atoms with Crippen molar-refractivity contribution in [2.75, 3.05) is 30.6 Å². The molecule has 0 aliphatic carbocycles. The molecule has 0 unspecified atom stereocenters. The lowest BCUT2D eigenvalue weighted by Crippen LogP contribution is -2.56. The average Bonchev–Trinajstić information content (AvgIpc) is 3.19. The lowest BCUT2D eigenvalue weighted by molar-refractivity contribution is -0.00371. The van der Waals surface area contributed by atoms with Crippen LogP contribution in [0.3, 0.4) is 0 Å². The van der Waals surface area contributed by atoms with Crippen LogP contribution in [0.25, 0.3) is 0 Å². The first-order valence-electron chi connectivity index (χ1n) is 9.72. The Morgan fingerprint density at radius 1 is 1.17 bits per heavy atom. The summed E-state index contributed by atoms with van der Waals surface area (Å²) in [5.41, 5.74) is -0.818. The van der Waals surface area contributed by atoms with Crippen LogP contribution in [-0.2, 0) is 14.8 Å². The van der Waals surface area contributed by atoms with Crippen LogP contribution in [0, 0.1) is 0 Å². The van der Waals surface area contributed by atoms with Gasteiger partial charge in [0.25, 0.3) is 0 Å². The van der Waals surface area contributed by atoms with Gasteiger partial charge >= 0.3 is 12.1 Å². The van der Waals surface area contributed by atoms with E-state index in [1.54, 1.807) is 4.90 Å². The molecule has 1 spiro atoms. The molecule has 0 bridgehead atoms. The van der Waals surface area contributed by atoms with Gasteiger partial charge in [0.1, 0.15) is 5.60 Å². The molecule has 1 aromatic rings. The molecule has 1 N–H and O–H groups in total.